The van der Waals surface area contributed by atoms with E-state index in [-0.39, 0.29) is 5.56 Å². The normalized spacial score (nSPS) is 15.2. The Balaban J connectivity index is 1.57. The number of hydrogen-bond donors (Lipinski definition) is 0. The Morgan fingerprint density at radius 1 is 1.04 bits per heavy atom. The average Bonchev–Trinajstić information content (AvgIpc) is 2.69. The van der Waals surface area contributed by atoms with Gasteiger partial charge in [-0.25, -0.2) is 0 Å². The Hall–Kier alpha value is -2.31. The van der Waals surface area contributed by atoms with Gasteiger partial charge in [-0.1, -0.05) is 12.1 Å². The second-order valence-electron chi connectivity index (χ2n) is 6.53. The van der Waals surface area contributed by atoms with Gasteiger partial charge in [0.2, 0.25) is 0 Å². The molecule has 1 fully saturated rings. The smallest absolute Gasteiger partial charge is 0.250 e. The summed E-state index contributed by atoms with van der Waals surface area (Å²) in [6.45, 7) is 5.95. The Morgan fingerprint density at radius 3 is 2.58 bits per heavy atom. The maximum atomic E-state index is 11.9. The molecule has 1 saturated heterocycles. The van der Waals surface area contributed by atoms with Crippen molar-refractivity contribution in [2.45, 2.75) is 13.1 Å². The first-order chi connectivity index (χ1) is 12.7. The molecule has 6 heteroatoms. The van der Waals surface area contributed by atoms with Crippen molar-refractivity contribution in [3.8, 4) is 5.75 Å². The first-order valence-electron chi connectivity index (χ1n) is 8.99. The van der Waals surface area contributed by atoms with Gasteiger partial charge in [0.1, 0.15) is 5.75 Å². The van der Waals surface area contributed by atoms with Gasteiger partial charge in [-0.15, -0.1) is 0 Å². The topological polar surface area (TPSA) is 46.9 Å². The van der Waals surface area contributed by atoms with Crippen molar-refractivity contribution in [3.05, 3.63) is 58.5 Å². The number of pyridine rings is 1. The molecule has 26 heavy (non-hydrogen) atoms. The van der Waals surface area contributed by atoms with Gasteiger partial charge in [-0.05, 0) is 17.7 Å². The molecule has 3 rings (SSSR count). The van der Waals surface area contributed by atoms with E-state index in [4.69, 9.17) is 9.47 Å². The van der Waals surface area contributed by atoms with Crippen molar-refractivity contribution in [1.82, 2.24) is 9.47 Å². The van der Waals surface area contributed by atoms with Crippen LogP contribution in [0.25, 0.3) is 0 Å². The summed E-state index contributed by atoms with van der Waals surface area (Å²) in [6, 6.07) is 11.8. The number of aromatic nitrogens is 1. The maximum absolute atomic E-state index is 11.9. The summed E-state index contributed by atoms with van der Waals surface area (Å²) >= 11 is 0. The van der Waals surface area contributed by atoms with Crippen LogP contribution in [0.15, 0.2) is 47.4 Å². The Labute approximate surface area is 154 Å². The molecule has 1 aliphatic heterocycles. The highest BCUT2D eigenvalue weighted by Gasteiger charge is 2.18. The van der Waals surface area contributed by atoms with E-state index in [1.165, 1.54) is 5.69 Å². The van der Waals surface area contributed by atoms with E-state index < -0.39 is 0 Å². The maximum Gasteiger partial charge on any atom is 0.250 e. The first kappa shape index (κ1) is 18.5. The molecule has 0 radical (unpaired) electrons. The minimum absolute atomic E-state index is 0.0219. The molecule has 0 spiro atoms. The molecule has 0 bridgehead atoms. The molecule has 2 aromatic rings. The molecule has 140 valence electrons. The lowest BCUT2D eigenvalue weighted by Crippen LogP contribution is -2.46. The zero-order chi connectivity index (χ0) is 18.4. The molecule has 0 N–H and O–H groups in total. The standard InChI is InChI=1S/C20H27N3O3/c1-25-13-12-23-16-17(6-7-20(23)24)15-21-8-10-22(11-9-21)18-4-3-5-19(14-18)26-2/h3-7,14,16H,8-13,15H2,1-2H3. The number of anilines is 1. The summed E-state index contributed by atoms with van der Waals surface area (Å²) < 4.78 is 12.1. The third kappa shape index (κ3) is 4.65. The van der Waals surface area contributed by atoms with E-state index in [0.29, 0.717) is 13.2 Å². The summed E-state index contributed by atoms with van der Waals surface area (Å²) in [7, 11) is 3.35. The molecule has 0 atom stereocenters. The van der Waals surface area contributed by atoms with E-state index in [1.54, 1.807) is 24.9 Å². The minimum atomic E-state index is 0.0219. The predicted octanol–water partition coefficient (Wildman–Crippen LogP) is 1.83. The lowest BCUT2D eigenvalue weighted by molar-refractivity contribution is 0.186. The Morgan fingerprint density at radius 2 is 1.85 bits per heavy atom. The molecule has 1 aliphatic rings. The van der Waals surface area contributed by atoms with Crippen LogP contribution < -0.4 is 15.2 Å². The van der Waals surface area contributed by atoms with Gasteiger partial charge in [0.05, 0.1) is 13.7 Å². The van der Waals surface area contributed by atoms with Crippen LogP contribution in [0.3, 0.4) is 0 Å². The van der Waals surface area contributed by atoms with Crippen LogP contribution in [0.2, 0.25) is 0 Å². The molecule has 2 heterocycles. The summed E-state index contributed by atoms with van der Waals surface area (Å²) in [4.78, 5) is 16.7. The number of rotatable bonds is 7. The average molecular weight is 357 g/mol. The molecule has 0 aliphatic carbocycles. The van der Waals surface area contributed by atoms with E-state index in [0.717, 1.165) is 44.0 Å². The van der Waals surface area contributed by atoms with Crippen molar-refractivity contribution >= 4 is 5.69 Å². The fourth-order valence-corrected chi connectivity index (χ4v) is 3.27. The molecule has 0 saturated carbocycles. The summed E-state index contributed by atoms with van der Waals surface area (Å²) in [5.74, 6) is 0.892. The van der Waals surface area contributed by atoms with Crippen LogP contribution in [0.1, 0.15) is 5.56 Å². The summed E-state index contributed by atoms with van der Waals surface area (Å²) in [5.41, 5.74) is 2.39. The van der Waals surface area contributed by atoms with Gasteiger partial charge >= 0.3 is 0 Å². The monoisotopic (exact) mass is 357 g/mol. The molecule has 0 unspecified atom stereocenters. The third-order valence-corrected chi connectivity index (χ3v) is 4.78. The van der Waals surface area contributed by atoms with E-state index in [2.05, 4.69) is 21.9 Å². The largest absolute Gasteiger partial charge is 0.497 e. The van der Waals surface area contributed by atoms with E-state index in [9.17, 15) is 4.79 Å². The highest BCUT2D eigenvalue weighted by molar-refractivity contribution is 5.51. The van der Waals surface area contributed by atoms with Gasteiger partial charge in [0.25, 0.3) is 5.56 Å². The van der Waals surface area contributed by atoms with Gasteiger partial charge < -0.3 is 18.9 Å². The molecule has 6 nitrogen and oxygen atoms in total. The Kier molecular flexibility index (Phi) is 6.30. The number of nitrogens with zero attached hydrogens (tertiary/aromatic N) is 3. The molecular formula is C20H27N3O3. The number of benzene rings is 1. The van der Waals surface area contributed by atoms with Crippen LogP contribution >= 0.6 is 0 Å². The van der Waals surface area contributed by atoms with Crippen molar-refractivity contribution in [3.63, 3.8) is 0 Å². The lowest BCUT2D eigenvalue weighted by Gasteiger charge is -2.36. The van der Waals surface area contributed by atoms with Gasteiger partial charge in [-0.3, -0.25) is 9.69 Å². The van der Waals surface area contributed by atoms with Crippen molar-refractivity contribution in [2.24, 2.45) is 0 Å². The minimum Gasteiger partial charge on any atom is -0.497 e. The number of piperazine rings is 1. The third-order valence-electron chi connectivity index (χ3n) is 4.78. The van der Waals surface area contributed by atoms with Crippen LogP contribution in [0, 0.1) is 0 Å². The molecule has 1 aromatic carbocycles. The van der Waals surface area contributed by atoms with Gasteiger partial charge in [0.15, 0.2) is 0 Å². The summed E-state index contributed by atoms with van der Waals surface area (Å²) in [6.07, 6.45) is 1.95. The Bertz CT molecular complexity index is 767. The number of methoxy groups -OCH3 is 2. The SMILES string of the molecule is COCCn1cc(CN2CCN(c3cccc(OC)c3)CC2)ccc1=O. The van der Waals surface area contributed by atoms with Crippen LogP contribution in [-0.2, 0) is 17.8 Å². The van der Waals surface area contributed by atoms with Crippen molar-refractivity contribution in [1.29, 1.82) is 0 Å². The second-order valence-corrected chi connectivity index (χ2v) is 6.53. The van der Waals surface area contributed by atoms with E-state index >= 15 is 0 Å². The highest BCUT2D eigenvalue weighted by Crippen LogP contribution is 2.22. The highest BCUT2D eigenvalue weighted by atomic mass is 16.5. The fourth-order valence-electron chi connectivity index (χ4n) is 3.27. The molecule has 1 aromatic heterocycles. The van der Waals surface area contributed by atoms with Gasteiger partial charge in [-0.2, -0.15) is 0 Å². The van der Waals surface area contributed by atoms with Crippen molar-refractivity contribution < 1.29 is 9.47 Å². The number of hydrogen-bond acceptors (Lipinski definition) is 5. The van der Waals surface area contributed by atoms with Crippen LogP contribution in [0.4, 0.5) is 5.69 Å². The van der Waals surface area contributed by atoms with Crippen LogP contribution in [-0.4, -0.2) is 56.5 Å². The number of ether oxygens (including phenoxy) is 2. The second kappa shape index (κ2) is 8.87. The zero-order valence-corrected chi connectivity index (χ0v) is 15.6. The molecular weight excluding hydrogens is 330 g/mol. The summed E-state index contributed by atoms with van der Waals surface area (Å²) in [5, 5.41) is 0. The fraction of sp³-hybridized carbons (Fsp3) is 0.450. The van der Waals surface area contributed by atoms with Crippen molar-refractivity contribution in [2.75, 3.05) is 51.9 Å². The quantitative estimate of drug-likeness (QED) is 0.757. The molecule has 0 amide bonds. The lowest BCUT2D eigenvalue weighted by atomic mass is 10.2. The zero-order valence-electron chi connectivity index (χ0n) is 15.6. The predicted molar refractivity (Wildman–Crippen MR) is 103 cm³/mol. The van der Waals surface area contributed by atoms with E-state index in [1.807, 2.05) is 24.4 Å². The first-order valence-corrected chi connectivity index (χ1v) is 8.99. The van der Waals surface area contributed by atoms with Gasteiger partial charge in [0, 0.05) is 70.4 Å². The van der Waals surface area contributed by atoms with Crippen LogP contribution in [0.5, 0.6) is 5.75 Å².